The van der Waals surface area contributed by atoms with Crippen molar-refractivity contribution in [3.05, 3.63) is 46.7 Å². The fraction of sp³-hybridized carbons (Fsp3) is 0.294. The molecule has 3 aliphatic heterocycles. The minimum absolute atomic E-state index is 0.212. The van der Waals surface area contributed by atoms with Gasteiger partial charge in [-0.15, -0.1) is 11.8 Å². The average molecular weight is 358 g/mol. The van der Waals surface area contributed by atoms with Crippen LogP contribution in [0.3, 0.4) is 0 Å². The summed E-state index contributed by atoms with van der Waals surface area (Å²) in [6.45, 7) is 1.76. The smallest absolute Gasteiger partial charge is 0.354 e. The molecular weight excluding hydrogens is 344 g/mol. The Labute approximate surface area is 147 Å². The fourth-order valence-corrected chi connectivity index (χ4v) is 4.74. The molecule has 0 radical (unpaired) electrons. The van der Waals surface area contributed by atoms with Gasteiger partial charge in [-0.25, -0.2) is 4.79 Å². The Morgan fingerprint density at radius 3 is 2.28 bits per heavy atom. The monoisotopic (exact) mass is 358 g/mol. The van der Waals surface area contributed by atoms with E-state index in [0.29, 0.717) is 16.9 Å². The zero-order chi connectivity index (χ0) is 17.9. The van der Waals surface area contributed by atoms with Crippen molar-refractivity contribution in [2.45, 2.75) is 18.3 Å². The Morgan fingerprint density at radius 1 is 1.12 bits per heavy atom. The number of hydrogen-bond donors (Lipinski definition) is 0. The van der Waals surface area contributed by atoms with Gasteiger partial charge in [0.2, 0.25) is 0 Å². The Bertz CT molecular complexity index is 843. The van der Waals surface area contributed by atoms with Crippen molar-refractivity contribution in [3.8, 4) is 0 Å². The van der Waals surface area contributed by atoms with Gasteiger partial charge in [-0.2, -0.15) is 0 Å². The lowest BCUT2D eigenvalue weighted by Crippen LogP contribution is -2.71. The van der Waals surface area contributed by atoms with Gasteiger partial charge in [-0.1, -0.05) is 12.1 Å². The Balaban J connectivity index is 1.68. The lowest BCUT2D eigenvalue weighted by Gasteiger charge is -2.51. The number of benzene rings is 1. The van der Waals surface area contributed by atoms with Gasteiger partial charge in [-0.3, -0.25) is 24.2 Å². The minimum Gasteiger partial charge on any atom is -0.464 e. The molecule has 3 heterocycles. The number of imide groups is 1. The van der Waals surface area contributed by atoms with Crippen LogP contribution in [0.25, 0.3) is 0 Å². The normalized spacial score (nSPS) is 25.0. The fourth-order valence-electron chi connectivity index (χ4n) is 3.40. The molecule has 0 aromatic heterocycles. The minimum atomic E-state index is -0.898. The van der Waals surface area contributed by atoms with Crippen LogP contribution in [0.2, 0.25) is 0 Å². The predicted octanol–water partition coefficient (Wildman–Crippen LogP) is 1.01. The van der Waals surface area contributed by atoms with E-state index in [2.05, 4.69) is 0 Å². The molecule has 1 aromatic rings. The zero-order valence-corrected chi connectivity index (χ0v) is 14.3. The molecule has 7 nitrogen and oxygen atoms in total. The summed E-state index contributed by atoms with van der Waals surface area (Å²) in [5.74, 6) is -1.43. The molecule has 0 N–H and O–H groups in total. The van der Waals surface area contributed by atoms with Gasteiger partial charge in [0.15, 0.2) is 0 Å². The van der Waals surface area contributed by atoms with Gasteiger partial charge in [0.05, 0.1) is 18.2 Å². The molecular formula is C17H14N2O5S. The largest absolute Gasteiger partial charge is 0.464 e. The van der Waals surface area contributed by atoms with Crippen molar-refractivity contribution in [1.29, 1.82) is 0 Å². The second kappa shape index (κ2) is 5.45. The van der Waals surface area contributed by atoms with Crippen molar-refractivity contribution < 1.29 is 23.9 Å². The van der Waals surface area contributed by atoms with Crippen molar-refractivity contribution in [2.75, 3.05) is 12.9 Å². The van der Waals surface area contributed by atoms with E-state index in [0.717, 1.165) is 10.5 Å². The second-order valence-electron chi connectivity index (χ2n) is 6.00. The number of carbonyl (C=O) groups excluding carboxylic acids is 4. The third kappa shape index (κ3) is 2.00. The molecule has 1 aromatic carbocycles. The van der Waals surface area contributed by atoms with Crippen LogP contribution in [0.5, 0.6) is 0 Å². The lowest BCUT2D eigenvalue weighted by molar-refractivity contribution is -0.152. The Kier molecular flexibility index (Phi) is 3.47. The third-order valence-corrected chi connectivity index (χ3v) is 6.02. The summed E-state index contributed by atoms with van der Waals surface area (Å²) >= 11 is 1.43. The SMILES string of the molecule is COC(=O)C1=C(C)CS[C@@H]2[C@@H](N3C(=O)c4ccccc4C3=O)C(=O)N12. The first-order valence-electron chi connectivity index (χ1n) is 7.67. The summed E-state index contributed by atoms with van der Waals surface area (Å²) in [5, 5.41) is -0.465. The van der Waals surface area contributed by atoms with Crippen LogP contribution in [0.15, 0.2) is 35.5 Å². The molecule has 1 saturated heterocycles. The molecule has 25 heavy (non-hydrogen) atoms. The number of thioether (sulfide) groups is 1. The summed E-state index contributed by atoms with van der Waals surface area (Å²) < 4.78 is 4.77. The summed E-state index contributed by atoms with van der Waals surface area (Å²) in [7, 11) is 1.26. The number of esters is 1. The van der Waals surface area contributed by atoms with Crippen molar-refractivity contribution in [1.82, 2.24) is 9.80 Å². The Hall–Kier alpha value is -2.61. The maximum absolute atomic E-state index is 12.7. The summed E-state index contributed by atoms with van der Waals surface area (Å²) in [6, 6.07) is 5.62. The van der Waals surface area contributed by atoms with Crippen LogP contribution in [-0.2, 0) is 14.3 Å². The number of amides is 3. The molecule has 0 saturated carbocycles. The van der Waals surface area contributed by atoms with E-state index in [1.807, 2.05) is 0 Å². The number of fused-ring (bicyclic) bond motifs is 2. The molecule has 1 fully saturated rings. The van der Waals surface area contributed by atoms with Crippen molar-refractivity contribution in [3.63, 3.8) is 0 Å². The molecule has 0 spiro atoms. The Morgan fingerprint density at radius 2 is 1.72 bits per heavy atom. The van der Waals surface area contributed by atoms with Gasteiger partial charge in [0.25, 0.3) is 17.7 Å². The van der Waals surface area contributed by atoms with E-state index < -0.39 is 35.1 Å². The number of nitrogens with zero attached hydrogens (tertiary/aromatic N) is 2. The topological polar surface area (TPSA) is 84.0 Å². The van der Waals surface area contributed by atoms with E-state index >= 15 is 0 Å². The van der Waals surface area contributed by atoms with E-state index in [9.17, 15) is 19.2 Å². The van der Waals surface area contributed by atoms with Crippen LogP contribution in [-0.4, -0.2) is 57.8 Å². The second-order valence-corrected chi connectivity index (χ2v) is 7.11. The van der Waals surface area contributed by atoms with Crippen LogP contribution >= 0.6 is 11.8 Å². The van der Waals surface area contributed by atoms with E-state index in [4.69, 9.17) is 4.74 Å². The van der Waals surface area contributed by atoms with Crippen molar-refractivity contribution in [2.24, 2.45) is 0 Å². The maximum atomic E-state index is 12.7. The van der Waals surface area contributed by atoms with E-state index in [-0.39, 0.29) is 5.70 Å². The first-order chi connectivity index (χ1) is 12.0. The lowest BCUT2D eigenvalue weighted by atomic mass is 10.0. The number of ether oxygens (including phenoxy) is 1. The van der Waals surface area contributed by atoms with E-state index in [1.165, 1.54) is 23.8 Å². The molecule has 0 bridgehead atoms. The number of carbonyl (C=O) groups is 4. The molecule has 0 aliphatic carbocycles. The number of β-lactam (4-membered cyclic amide) rings is 1. The number of methoxy groups -OCH3 is 1. The third-order valence-electron chi connectivity index (χ3n) is 4.61. The van der Waals surface area contributed by atoms with Crippen LogP contribution < -0.4 is 0 Å². The quantitative estimate of drug-likeness (QED) is 0.446. The highest BCUT2D eigenvalue weighted by Gasteiger charge is 2.59. The molecule has 2 atom stereocenters. The molecule has 3 amide bonds. The van der Waals surface area contributed by atoms with Crippen LogP contribution in [0.4, 0.5) is 0 Å². The predicted molar refractivity (Wildman–Crippen MR) is 88.5 cm³/mol. The summed E-state index contributed by atoms with van der Waals surface area (Å²) in [4.78, 5) is 52.3. The van der Waals surface area contributed by atoms with Gasteiger partial charge in [0.1, 0.15) is 17.1 Å². The number of rotatable bonds is 2. The maximum Gasteiger partial charge on any atom is 0.354 e. The van der Waals surface area contributed by atoms with Gasteiger partial charge in [0, 0.05) is 5.75 Å². The highest BCUT2D eigenvalue weighted by Crippen LogP contribution is 2.44. The molecule has 3 aliphatic rings. The van der Waals surface area contributed by atoms with Crippen LogP contribution in [0.1, 0.15) is 27.6 Å². The summed E-state index contributed by atoms with van der Waals surface area (Å²) in [5.41, 5.74) is 1.56. The average Bonchev–Trinajstić information content (AvgIpc) is 2.87. The standard InChI is InChI=1S/C17H14N2O5S/c1-8-7-25-16-12(15(22)19(16)11(8)17(23)24-2)18-13(20)9-5-3-4-6-10(9)14(18)21/h3-6,12,16H,7H2,1-2H3/t12-,16+/m0/s1. The first-order valence-corrected chi connectivity index (χ1v) is 8.72. The van der Waals surface area contributed by atoms with E-state index in [1.54, 1.807) is 31.2 Å². The molecule has 128 valence electrons. The van der Waals surface area contributed by atoms with Gasteiger partial charge < -0.3 is 4.74 Å². The molecule has 4 rings (SSSR count). The van der Waals surface area contributed by atoms with Crippen LogP contribution in [0, 0.1) is 0 Å². The molecule has 0 unspecified atom stereocenters. The zero-order valence-electron chi connectivity index (χ0n) is 13.5. The highest BCUT2D eigenvalue weighted by molar-refractivity contribution is 8.00. The first kappa shape index (κ1) is 15.9. The molecule has 8 heteroatoms. The van der Waals surface area contributed by atoms with Gasteiger partial charge in [-0.05, 0) is 24.6 Å². The highest BCUT2D eigenvalue weighted by atomic mass is 32.2. The number of hydrogen-bond acceptors (Lipinski definition) is 6. The van der Waals surface area contributed by atoms with Crippen molar-refractivity contribution >= 4 is 35.5 Å². The summed E-state index contributed by atoms with van der Waals surface area (Å²) in [6.07, 6.45) is 0. The van der Waals surface area contributed by atoms with Gasteiger partial charge >= 0.3 is 5.97 Å².